The first-order chi connectivity index (χ1) is 18.4. The van der Waals surface area contributed by atoms with Gasteiger partial charge in [-0.2, -0.15) is 18.3 Å². The van der Waals surface area contributed by atoms with Crippen molar-refractivity contribution in [2.24, 2.45) is 17.3 Å². The third-order valence-corrected chi connectivity index (χ3v) is 9.06. The van der Waals surface area contributed by atoms with E-state index < -0.39 is 53.6 Å². The number of alkyl halides is 3. The first-order valence-corrected chi connectivity index (χ1v) is 13.8. The van der Waals surface area contributed by atoms with Gasteiger partial charge in [0.15, 0.2) is 11.5 Å². The molecule has 39 heavy (non-hydrogen) atoms. The number of benzene rings is 1. The molecule has 3 aliphatic carbocycles. The minimum Gasteiger partial charge on any atom is -0.481 e. The maximum absolute atomic E-state index is 14.4. The van der Waals surface area contributed by atoms with Crippen LogP contribution in [0.4, 0.5) is 13.2 Å². The zero-order valence-corrected chi connectivity index (χ0v) is 22.5. The summed E-state index contributed by atoms with van der Waals surface area (Å²) in [4.78, 5) is 39.4. The predicted octanol–water partition coefficient (Wildman–Crippen LogP) is 6.54. The van der Waals surface area contributed by atoms with E-state index in [-0.39, 0.29) is 53.8 Å². The van der Waals surface area contributed by atoms with Crippen LogP contribution in [0, 0.1) is 17.3 Å². The molecule has 12 heteroatoms. The number of carboxylic acids is 1. The molecule has 5 rings (SSSR count). The van der Waals surface area contributed by atoms with Crippen LogP contribution in [0.25, 0.3) is 0 Å². The van der Waals surface area contributed by atoms with Gasteiger partial charge in [-0.25, -0.2) is 0 Å². The Bertz CT molecular complexity index is 1270. The molecule has 2 aromatic rings. The summed E-state index contributed by atoms with van der Waals surface area (Å²) in [6.07, 6.45) is 0.845. The molecule has 210 valence electrons. The van der Waals surface area contributed by atoms with Gasteiger partial charge in [0, 0.05) is 6.54 Å². The molecular formula is C27H28Cl2F3N3O4. The van der Waals surface area contributed by atoms with Crippen molar-refractivity contribution in [1.82, 2.24) is 14.7 Å². The number of aromatic nitrogens is 2. The van der Waals surface area contributed by atoms with Crippen LogP contribution in [0.15, 0.2) is 24.4 Å². The Morgan fingerprint density at radius 2 is 1.69 bits per heavy atom. The maximum Gasteiger partial charge on any atom is 0.433 e. The fourth-order valence-electron chi connectivity index (χ4n) is 6.24. The van der Waals surface area contributed by atoms with Crippen LogP contribution < -0.4 is 0 Å². The van der Waals surface area contributed by atoms with Crippen molar-refractivity contribution < 1.29 is 32.7 Å². The highest BCUT2D eigenvalue weighted by atomic mass is 35.5. The lowest BCUT2D eigenvalue weighted by Crippen LogP contribution is -2.43. The van der Waals surface area contributed by atoms with Gasteiger partial charge in [0.2, 0.25) is 0 Å². The minimum absolute atomic E-state index is 0.0211. The molecule has 0 saturated heterocycles. The second kappa shape index (κ2) is 10.4. The first kappa shape index (κ1) is 28.0. The van der Waals surface area contributed by atoms with Crippen LogP contribution in [0.1, 0.15) is 83.8 Å². The van der Waals surface area contributed by atoms with Gasteiger partial charge in [0.1, 0.15) is 0 Å². The van der Waals surface area contributed by atoms with Crippen LogP contribution in [0.2, 0.25) is 10.0 Å². The molecule has 0 atom stereocenters. The largest absolute Gasteiger partial charge is 0.481 e. The van der Waals surface area contributed by atoms with Crippen LogP contribution in [0.5, 0.6) is 0 Å². The molecule has 1 aromatic heterocycles. The molecule has 1 heterocycles. The zero-order valence-electron chi connectivity index (χ0n) is 21.0. The first-order valence-electron chi connectivity index (χ1n) is 13.0. The van der Waals surface area contributed by atoms with Crippen LogP contribution in [-0.2, 0) is 11.0 Å². The fourth-order valence-corrected chi connectivity index (χ4v) is 6.85. The van der Waals surface area contributed by atoms with Gasteiger partial charge in [-0.15, -0.1) is 0 Å². The number of carbonyl (C=O) groups is 3. The minimum atomic E-state index is -4.89. The van der Waals surface area contributed by atoms with E-state index in [1.165, 1.54) is 17.0 Å². The van der Waals surface area contributed by atoms with E-state index in [0.29, 0.717) is 5.41 Å². The quantitative estimate of drug-likeness (QED) is 0.355. The van der Waals surface area contributed by atoms with Crippen molar-refractivity contribution in [3.05, 3.63) is 51.3 Å². The molecule has 1 N–H and O–H groups in total. The molecule has 0 bridgehead atoms. The Morgan fingerprint density at radius 1 is 1.08 bits per heavy atom. The Hall–Kier alpha value is -2.59. The van der Waals surface area contributed by atoms with Crippen molar-refractivity contribution in [2.45, 2.75) is 63.6 Å². The van der Waals surface area contributed by atoms with Crippen molar-refractivity contribution in [1.29, 1.82) is 0 Å². The van der Waals surface area contributed by atoms with E-state index in [4.69, 9.17) is 23.2 Å². The molecule has 0 aliphatic heterocycles. The summed E-state index contributed by atoms with van der Waals surface area (Å²) in [5, 5.41) is 13.4. The molecule has 1 amide bonds. The summed E-state index contributed by atoms with van der Waals surface area (Å²) >= 11 is 12.4. The van der Waals surface area contributed by atoms with Gasteiger partial charge < -0.3 is 10.0 Å². The predicted molar refractivity (Wildman–Crippen MR) is 137 cm³/mol. The number of carboxylic acid groups (broad SMARTS) is 1. The summed E-state index contributed by atoms with van der Waals surface area (Å²) in [6.45, 7) is -0.335. The van der Waals surface area contributed by atoms with Crippen molar-refractivity contribution >= 4 is 40.9 Å². The van der Waals surface area contributed by atoms with E-state index in [1.807, 2.05) is 0 Å². The zero-order chi connectivity index (χ0) is 28.1. The number of aliphatic carboxylic acids is 1. The average Bonchev–Trinajstić information content (AvgIpc) is 3.51. The molecule has 3 saturated carbocycles. The summed E-state index contributed by atoms with van der Waals surface area (Å²) < 4.78 is 44.0. The molecule has 3 aliphatic rings. The van der Waals surface area contributed by atoms with Gasteiger partial charge in [-0.3, -0.25) is 19.1 Å². The van der Waals surface area contributed by atoms with E-state index >= 15 is 0 Å². The Kier molecular flexibility index (Phi) is 7.47. The van der Waals surface area contributed by atoms with Crippen molar-refractivity contribution in [2.75, 3.05) is 13.1 Å². The normalized spacial score (nSPS) is 22.4. The summed E-state index contributed by atoms with van der Waals surface area (Å²) in [5.41, 5.74) is -1.48. The SMILES string of the molecule is O=C(CN(CC1CC2(CC2)C1)C(=O)c1cnn([C@H]2CC[C@H](C(=O)O)CC2)c1C(F)(F)F)c1c(Cl)cccc1Cl. The molecular weight excluding hydrogens is 558 g/mol. The number of halogens is 5. The molecule has 0 radical (unpaired) electrons. The number of carbonyl (C=O) groups excluding carboxylic acids is 2. The smallest absolute Gasteiger partial charge is 0.433 e. The van der Waals surface area contributed by atoms with Crippen LogP contribution in [-0.4, -0.2) is 50.5 Å². The van der Waals surface area contributed by atoms with E-state index in [1.54, 1.807) is 6.07 Å². The fraction of sp³-hybridized carbons (Fsp3) is 0.556. The Morgan fingerprint density at radius 3 is 2.23 bits per heavy atom. The monoisotopic (exact) mass is 585 g/mol. The highest BCUT2D eigenvalue weighted by molar-refractivity contribution is 6.40. The number of nitrogens with zero attached hydrogens (tertiary/aromatic N) is 3. The van der Waals surface area contributed by atoms with Gasteiger partial charge in [-0.05, 0) is 74.8 Å². The van der Waals surface area contributed by atoms with E-state index in [0.717, 1.165) is 36.6 Å². The number of amides is 1. The number of hydrogen-bond donors (Lipinski definition) is 1. The highest BCUT2D eigenvalue weighted by Crippen LogP contribution is 2.63. The molecule has 0 unspecified atom stereocenters. The van der Waals surface area contributed by atoms with Gasteiger partial charge in [-0.1, -0.05) is 29.3 Å². The molecule has 1 spiro atoms. The maximum atomic E-state index is 14.4. The highest BCUT2D eigenvalue weighted by Gasteiger charge is 2.53. The van der Waals surface area contributed by atoms with E-state index in [2.05, 4.69) is 5.10 Å². The number of ketones is 1. The third kappa shape index (κ3) is 5.68. The number of hydrogen-bond acceptors (Lipinski definition) is 4. The summed E-state index contributed by atoms with van der Waals surface area (Å²) in [7, 11) is 0. The van der Waals surface area contributed by atoms with Crippen LogP contribution in [0.3, 0.4) is 0 Å². The lowest BCUT2D eigenvalue weighted by atomic mass is 9.71. The topological polar surface area (TPSA) is 92.5 Å². The number of Topliss-reactive ketones (excluding diaryl/α,β-unsaturated/α-hetero) is 1. The van der Waals surface area contributed by atoms with Gasteiger partial charge >= 0.3 is 12.1 Å². The lowest BCUT2D eigenvalue weighted by Gasteiger charge is -2.39. The lowest BCUT2D eigenvalue weighted by molar-refractivity contribution is -0.147. The summed E-state index contributed by atoms with van der Waals surface area (Å²) in [5.74, 6) is -2.98. The Labute approximate surface area is 233 Å². The van der Waals surface area contributed by atoms with Crippen LogP contribution >= 0.6 is 23.2 Å². The van der Waals surface area contributed by atoms with Gasteiger partial charge in [0.05, 0.1) is 45.9 Å². The third-order valence-electron chi connectivity index (χ3n) is 8.43. The molecule has 3 fully saturated rings. The average molecular weight is 586 g/mol. The van der Waals surface area contributed by atoms with Gasteiger partial charge in [0.25, 0.3) is 5.91 Å². The molecule has 7 nitrogen and oxygen atoms in total. The standard InChI is InChI=1S/C27H28Cl2F3N3O4/c28-19-2-1-3-20(29)22(19)21(36)14-34(13-15-10-26(11-15)8-9-26)24(37)18-12-33-35(23(18)27(30,31)32)17-6-4-16(5-7-17)25(38)39/h1-3,12,15-17H,4-11,13-14H2,(H,38,39)/t16-,17-. The second-order valence-electron chi connectivity index (χ2n) is 11.2. The molecule has 1 aromatic carbocycles. The Balaban J connectivity index is 1.43. The van der Waals surface area contributed by atoms with E-state index in [9.17, 15) is 32.7 Å². The van der Waals surface area contributed by atoms with Crippen molar-refractivity contribution in [3.63, 3.8) is 0 Å². The summed E-state index contributed by atoms with van der Waals surface area (Å²) in [6, 6.07) is 3.86. The van der Waals surface area contributed by atoms with Crippen molar-refractivity contribution in [3.8, 4) is 0 Å². The number of rotatable bonds is 8. The second-order valence-corrected chi connectivity index (χ2v) is 12.0.